The van der Waals surface area contributed by atoms with Crippen LogP contribution in [0, 0.1) is 12.8 Å². The second-order valence-corrected chi connectivity index (χ2v) is 5.80. The first-order chi connectivity index (χ1) is 9.51. The molecule has 0 saturated carbocycles. The van der Waals surface area contributed by atoms with Gasteiger partial charge in [0.1, 0.15) is 0 Å². The van der Waals surface area contributed by atoms with Gasteiger partial charge in [0.25, 0.3) is 0 Å². The number of benzene rings is 1. The maximum Gasteiger partial charge on any atom is 0.241 e. The molecule has 2 rings (SSSR count). The minimum absolute atomic E-state index is 0.0513. The predicted octanol–water partition coefficient (Wildman–Crippen LogP) is 2.64. The lowest BCUT2D eigenvalue weighted by Crippen LogP contribution is -2.40. The molecule has 4 nitrogen and oxygen atoms in total. The molecule has 1 fully saturated rings. The fraction of sp³-hybridized carbons (Fsp3) is 0.562. The van der Waals surface area contributed by atoms with Gasteiger partial charge in [-0.15, -0.1) is 0 Å². The van der Waals surface area contributed by atoms with Crippen LogP contribution in [-0.2, 0) is 4.79 Å². The number of hydrogen-bond acceptors (Lipinski definition) is 3. The molecule has 1 aromatic rings. The van der Waals surface area contributed by atoms with Crippen molar-refractivity contribution in [3.8, 4) is 0 Å². The molecule has 0 aliphatic carbocycles. The lowest BCUT2D eigenvalue weighted by molar-refractivity contribution is -0.120. The van der Waals surface area contributed by atoms with Crippen molar-refractivity contribution < 1.29 is 4.79 Å². The van der Waals surface area contributed by atoms with Crippen LogP contribution in [0.4, 0.5) is 11.4 Å². The second kappa shape index (κ2) is 6.27. The molecular formula is C16H25N3O. The normalized spacial score (nSPS) is 20.9. The number of amides is 1. The van der Waals surface area contributed by atoms with E-state index in [2.05, 4.69) is 17.1 Å². The molecule has 1 amide bonds. The second-order valence-electron chi connectivity index (χ2n) is 5.80. The van der Waals surface area contributed by atoms with E-state index in [1.54, 1.807) is 0 Å². The average molecular weight is 275 g/mol. The molecule has 0 radical (unpaired) electrons. The molecule has 2 unspecified atom stereocenters. The van der Waals surface area contributed by atoms with Gasteiger partial charge in [-0.2, -0.15) is 0 Å². The van der Waals surface area contributed by atoms with Crippen molar-refractivity contribution in [2.24, 2.45) is 5.92 Å². The number of nitrogens with zero attached hydrogens (tertiary/aromatic N) is 1. The van der Waals surface area contributed by atoms with E-state index in [-0.39, 0.29) is 11.9 Å². The van der Waals surface area contributed by atoms with Gasteiger partial charge in [-0.05, 0) is 50.4 Å². The van der Waals surface area contributed by atoms with Crippen LogP contribution in [0.15, 0.2) is 18.2 Å². The third kappa shape index (κ3) is 3.31. The lowest BCUT2D eigenvalue weighted by atomic mass is 10.1. The van der Waals surface area contributed by atoms with Crippen molar-refractivity contribution in [1.29, 1.82) is 0 Å². The molecule has 4 heteroatoms. The predicted molar refractivity (Wildman–Crippen MR) is 83.7 cm³/mol. The van der Waals surface area contributed by atoms with E-state index < -0.39 is 0 Å². The molecule has 20 heavy (non-hydrogen) atoms. The van der Waals surface area contributed by atoms with E-state index in [0.29, 0.717) is 5.69 Å². The molecule has 0 spiro atoms. The van der Waals surface area contributed by atoms with Crippen molar-refractivity contribution in [2.45, 2.75) is 39.7 Å². The van der Waals surface area contributed by atoms with E-state index in [1.165, 1.54) is 12.8 Å². The van der Waals surface area contributed by atoms with Gasteiger partial charge in [-0.25, -0.2) is 0 Å². The summed E-state index contributed by atoms with van der Waals surface area (Å²) in [6.07, 6.45) is 2.39. The number of rotatable bonds is 4. The quantitative estimate of drug-likeness (QED) is 0.831. The Kier molecular flexibility index (Phi) is 4.65. The molecular weight excluding hydrogens is 250 g/mol. The zero-order chi connectivity index (χ0) is 14.7. The Hall–Kier alpha value is -1.55. The van der Waals surface area contributed by atoms with Crippen LogP contribution in [0.1, 0.15) is 32.3 Å². The van der Waals surface area contributed by atoms with Crippen molar-refractivity contribution in [3.63, 3.8) is 0 Å². The first-order valence-corrected chi connectivity index (χ1v) is 7.42. The Morgan fingerprint density at radius 2 is 2.30 bits per heavy atom. The van der Waals surface area contributed by atoms with E-state index in [1.807, 2.05) is 32.0 Å². The number of nitrogen functional groups attached to an aromatic ring is 1. The highest BCUT2D eigenvalue weighted by molar-refractivity contribution is 5.95. The first-order valence-electron chi connectivity index (χ1n) is 7.42. The average Bonchev–Trinajstić information content (AvgIpc) is 2.90. The summed E-state index contributed by atoms with van der Waals surface area (Å²) in [4.78, 5) is 14.6. The summed E-state index contributed by atoms with van der Waals surface area (Å²) < 4.78 is 0. The van der Waals surface area contributed by atoms with Crippen LogP contribution in [-0.4, -0.2) is 29.9 Å². The molecule has 3 N–H and O–H groups in total. The SMILES string of the molecule is CCC1CCN(C(C)C(=O)Nc2cc(N)ccc2C)C1. The molecule has 1 aliphatic rings. The van der Waals surface area contributed by atoms with E-state index in [9.17, 15) is 4.79 Å². The Morgan fingerprint density at radius 3 is 2.95 bits per heavy atom. The molecule has 0 bridgehead atoms. The molecule has 2 atom stereocenters. The highest BCUT2D eigenvalue weighted by atomic mass is 16.2. The number of carbonyl (C=O) groups excluding carboxylic acids is 1. The van der Waals surface area contributed by atoms with Crippen LogP contribution in [0.3, 0.4) is 0 Å². The molecule has 1 aromatic carbocycles. The van der Waals surface area contributed by atoms with E-state index in [0.717, 1.165) is 30.3 Å². The lowest BCUT2D eigenvalue weighted by Gasteiger charge is -2.24. The van der Waals surface area contributed by atoms with Gasteiger partial charge in [0.15, 0.2) is 0 Å². The van der Waals surface area contributed by atoms with E-state index in [4.69, 9.17) is 5.73 Å². The Bertz CT molecular complexity index is 487. The summed E-state index contributed by atoms with van der Waals surface area (Å²) in [6, 6.07) is 5.50. The summed E-state index contributed by atoms with van der Waals surface area (Å²) in [5.41, 5.74) is 8.30. The first kappa shape index (κ1) is 14.9. The summed E-state index contributed by atoms with van der Waals surface area (Å²) in [7, 11) is 0. The van der Waals surface area contributed by atoms with Crippen molar-refractivity contribution >= 4 is 17.3 Å². The molecule has 110 valence electrons. The minimum atomic E-state index is -0.0904. The summed E-state index contributed by atoms with van der Waals surface area (Å²) >= 11 is 0. The minimum Gasteiger partial charge on any atom is -0.399 e. The standard InChI is InChI=1S/C16H25N3O/c1-4-13-7-8-19(10-13)12(3)16(20)18-15-9-14(17)6-5-11(15)2/h5-6,9,12-13H,4,7-8,10,17H2,1-3H3,(H,18,20). The number of nitrogens with one attached hydrogen (secondary N) is 1. The van der Waals surface area contributed by atoms with Crippen LogP contribution >= 0.6 is 0 Å². The number of likely N-dealkylation sites (tertiary alicyclic amines) is 1. The topological polar surface area (TPSA) is 58.4 Å². The number of aryl methyl sites for hydroxylation is 1. The number of carbonyl (C=O) groups is 1. The maximum atomic E-state index is 12.4. The molecule has 0 aromatic heterocycles. The van der Waals surface area contributed by atoms with Crippen LogP contribution in [0.25, 0.3) is 0 Å². The molecule has 1 saturated heterocycles. The number of anilines is 2. The zero-order valence-corrected chi connectivity index (χ0v) is 12.6. The van der Waals surface area contributed by atoms with Crippen molar-refractivity contribution in [3.05, 3.63) is 23.8 Å². The van der Waals surface area contributed by atoms with Gasteiger partial charge in [-0.1, -0.05) is 19.4 Å². The van der Waals surface area contributed by atoms with Gasteiger partial charge in [0.2, 0.25) is 5.91 Å². The third-order valence-corrected chi connectivity index (χ3v) is 4.34. The number of nitrogens with two attached hydrogens (primary N) is 1. The fourth-order valence-corrected chi connectivity index (χ4v) is 2.72. The Balaban J connectivity index is 1.99. The van der Waals surface area contributed by atoms with E-state index >= 15 is 0 Å². The zero-order valence-electron chi connectivity index (χ0n) is 12.6. The Labute approximate surface area is 121 Å². The largest absolute Gasteiger partial charge is 0.399 e. The highest BCUT2D eigenvalue weighted by Gasteiger charge is 2.28. The third-order valence-electron chi connectivity index (χ3n) is 4.34. The summed E-state index contributed by atoms with van der Waals surface area (Å²) in [5.74, 6) is 0.787. The fourth-order valence-electron chi connectivity index (χ4n) is 2.72. The number of hydrogen-bond donors (Lipinski definition) is 2. The van der Waals surface area contributed by atoms with Crippen LogP contribution in [0.5, 0.6) is 0 Å². The van der Waals surface area contributed by atoms with Crippen molar-refractivity contribution in [2.75, 3.05) is 24.1 Å². The van der Waals surface area contributed by atoms with Gasteiger partial charge in [0, 0.05) is 17.9 Å². The van der Waals surface area contributed by atoms with Crippen LogP contribution in [0.2, 0.25) is 0 Å². The Morgan fingerprint density at radius 1 is 1.55 bits per heavy atom. The smallest absolute Gasteiger partial charge is 0.241 e. The monoisotopic (exact) mass is 275 g/mol. The van der Waals surface area contributed by atoms with Crippen LogP contribution < -0.4 is 11.1 Å². The summed E-state index contributed by atoms with van der Waals surface area (Å²) in [6.45, 7) is 8.22. The van der Waals surface area contributed by atoms with Gasteiger partial charge in [-0.3, -0.25) is 9.69 Å². The molecule has 1 aliphatic heterocycles. The summed E-state index contributed by atoms with van der Waals surface area (Å²) in [5, 5.41) is 3.00. The van der Waals surface area contributed by atoms with Gasteiger partial charge >= 0.3 is 0 Å². The maximum absolute atomic E-state index is 12.4. The van der Waals surface area contributed by atoms with Gasteiger partial charge in [0.05, 0.1) is 6.04 Å². The highest BCUT2D eigenvalue weighted by Crippen LogP contribution is 2.23. The van der Waals surface area contributed by atoms with Gasteiger partial charge < -0.3 is 11.1 Å². The molecule has 1 heterocycles. The van der Waals surface area contributed by atoms with Crippen molar-refractivity contribution in [1.82, 2.24) is 4.90 Å².